The van der Waals surface area contributed by atoms with E-state index in [2.05, 4.69) is 75.0 Å². The van der Waals surface area contributed by atoms with Gasteiger partial charge in [-0.05, 0) is 223 Å². The molecule has 4 amide bonds. The lowest BCUT2D eigenvalue weighted by atomic mass is 10.1. The molecule has 0 saturated heterocycles. The van der Waals surface area contributed by atoms with Crippen LogP contribution in [0.15, 0.2) is 110 Å². The molecular weight excluding hydrogens is 1820 g/mol. The number of carboxylic acids is 1. The predicted molar refractivity (Wildman–Crippen MR) is 476 cm³/mol. The molecule has 0 saturated carbocycles. The molecule has 0 aliphatic carbocycles. The number of nitrogen functional groups attached to an aromatic ring is 1. The molecule has 35 nitrogen and oxygen atoms in total. The fourth-order valence-electron chi connectivity index (χ4n) is 9.13. The fourth-order valence-corrected chi connectivity index (χ4v) is 9.57. The van der Waals surface area contributed by atoms with Gasteiger partial charge in [-0.15, -0.1) is 0 Å². The summed E-state index contributed by atoms with van der Waals surface area (Å²) in [5, 5.41) is 15.2. The van der Waals surface area contributed by atoms with Gasteiger partial charge in [0.25, 0.3) is 52.0 Å². The predicted octanol–water partition coefficient (Wildman–Crippen LogP) is 11.5. The van der Waals surface area contributed by atoms with E-state index >= 15 is 0 Å². The number of benzene rings is 2. The number of carbonyl (C=O) groups excluding carboxylic acids is 17. The number of hydrogen-bond donors (Lipinski definition) is 7. The number of aryl methyl sites for hydroxylation is 5. The van der Waals surface area contributed by atoms with Crippen molar-refractivity contribution < 1.29 is 128 Å². The van der Waals surface area contributed by atoms with Crippen LogP contribution in [0.4, 0.5) is 23.2 Å². The van der Waals surface area contributed by atoms with Gasteiger partial charge in [-0.2, -0.15) is 0 Å². The third-order valence-corrected chi connectivity index (χ3v) is 16.0. The molecule has 0 fully saturated rings. The Morgan fingerprint density at radius 1 is 0.392 bits per heavy atom. The maximum atomic E-state index is 13.4. The van der Waals surface area contributed by atoms with Crippen molar-refractivity contribution in [1.29, 1.82) is 0 Å². The highest BCUT2D eigenvalue weighted by atomic mass is 35.5. The molecule has 712 valence electrons. The van der Waals surface area contributed by atoms with E-state index in [-0.39, 0.29) is 85.3 Å². The average molecular weight is 1930 g/mol. The number of hydrogen-bond acceptors (Lipinski definition) is 24. The number of Topliss-reactive ketones (excluding diaryl/α,β-unsaturated/α-hetero) is 6. The standard InChI is InChI=1S/C19H19ClF2N2O3.2C13H18N2O4.C12H16N2O4.2C7H9NO2.C6H4ClF2N.C4H11N.C3H3ClO2.C2Cl2O2/c1-19(2,3)23-18(27)17(26)11-8-14(24(4)9-11)15(25)7-10-5-12(20)16(22)13(21)6-10;1-13(2,3)14-11(17)10(16)8-6-9(12(18)19-5)15(4)7-8;1-13(2,3)14-11(17)10(16)8-6-7-9(15(8)4)12(18)19-5;1-12(2,3)13-10(16)9(15)7-5-8(11(17)18)14(4)6-7;2*1-8-5-3-4-6(8)7(9)10-2;7-4-1-3(10)2-5(8)6(4)9;1-4(2,3)5;1-2(5)3(4)6;3-1(5)2(4)6/h5-6,8-9H,7H2,1-4H3,(H,23,27);2*6-7H,1-5H3,(H,14,17);5-6H,1-4H3,(H,13,16)(H,17,18);2*3-5H,1-2H3;1-2H,10H2;5H2,1-3H3;1H3;. The lowest BCUT2D eigenvalue weighted by Crippen LogP contribution is -2.44. The minimum atomic E-state index is -1.18. The number of ether oxygens (including phenoxy) is 4. The number of halogens is 9. The van der Waals surface area contributed by atoms with Gasteiger partial charge in [0, 0.05) is 137 Å². The van der Waals surface area contributed by atoms with Crippen LogP contribution >= 0.6 is 58.0 Å². The second-order valence-corrected chi connectivity index (χ2v) is 34.1. The van der Waals surface area contributed by atoms with Crippen molar-refractivity contribution in [1.82, 2.24) is 48.7 Å². The Bertz CT molecular complexity index is 5280. The number of nitrogens with one attached hydrogen (secondary N) is 4. The number of methoxy groups -OCH3 is 4. The van der Waals surface area contributed by atoms with E-state index in [0.717, 1.165) is 25.1 Å². The van der Waals surface area contributed by atoms with E-state index in [1.54, 1.807) is 157 Å². The minimum Gasteiger partial charge on any atom is -0.477 e. The number of carboxylic acid groups (broad SMARTS) is 1. The molecule has 8 aromatic rings. The summed E-state index contributed by atoms with van der Waals surface area (Å²) in [6, 6.07) is 17.8. The van der Waals surface area contributed by atoms with E-state index < -0.39 is 142 Å². The monoisotopic (exact) mass is 1930 g/mol. The van der Waals surface area contributed by atoms with Gasteiger partial charge in [0.05, 0.1) is 49.9 Å². The van der Waals surface area contributed by atoms with Gasteiger partial charge in [-0.1, -0.05) is 23.2 Å². The summed E-state index contributed by atoms with van der Waals surface area (Å²) in [4.78, 5) is 201. The first-order valence-electron chi connectivity index (χ1n) is 37.6. The Hall–Kier alpha value is -12.7. The maximum absolute atomic E-state index is 13.4. The third-order valence-electron chi connectivity index (χ3n) is 14.8. The normalized spacial score (nSPS) is 10.5. The summed E-state index contributed by atoms with van der Waals surface area (Å²) in [5.74, 6) is -14.1. The Morgan fingerprint density at radius 3 is 0.962 bits per heavy atom. The van der Waals surface area contributed by atoms with Crippen LogP contribution in [0.1, 0.15) is 221 Å². The van der Waals surface area contributed by atoms with E-state index in [9.17, 15) is 104 Å². The molecule has 6 heterocycles. The Kier molecular flexibility index (Phi) is 49.0. The number of rotatable bonds is 18. The number of aromatic carboxylic acids is 1. The molecule has 0 bridgehead atoms. The van der Waals surface area contributed by atoms with Crippen LogP contribution < -0.4 is 32.7 Å². The van der Waals surface area contributed by atoms with Crippen molar-refractivity contribution in [2.24, 2.45) is 48.0 Å². The van der Waals surface area contributed by atoms with Gasteiger partial charge in [-0.25, -0.2) is 41.5 Å². The van der Waals surface area contributed by atoms with Crippen LogP contribution in [-0.4, -0.2) is 193 Å². The van der Waals surface area contributed by atoms with Gasteiger partial charge in [0.1, 0.15) is 28.5 Å². The average Bonchev–Trinajstić information content (AvgIpc) is 1.68. The highest BCUT2D eigenvalue weighted by Gasteiger charge is 2.30. The second-order valence-electron chi connectivity index (χ2n) is 32.3. The lowest BCUT2D eigenvalue weighted by Gasteiger charge is -2.19. The van der Waals surface area contributed by atoms with Crippen LogP contribution in [0.2, 0.25) is 10.0 Å². The topological polar surface area (TPSA) is 494 Å². The number of amides is 4. The third kappa shape index (κ3) is 44.4. The van der Waals surface area contributed by atoms with Gasteiger partial charge < -0.3 is 84.2 Å². The Morgan fingerprint density at radius 2 is 0.677 bits per heavy atom. The summed E-state index contributed by atoms with van der Waals surface area (Å²) in [6.07, 6.45) is 7.48. The van der Waals surface area contributed by atoms with Crippen molar-refractivity contribution in [3.8, 4) is 0 Å². The summed E-state index contributed by atoms with van der Waals surface area (Å²) in [5.41, 5.74) is 10.8. The molecule has 0 aliphatic heterocycles. The van der Waals surface area contributed by atoms with Crippen molar-refractivity contribution >= 4 is 168 Å². The van der Waals surface area contributed by atoms with Crippen molar-refractivity contribution in [3.05, 3.63) is 205 Å². The summed E-state index contributed by atoms with van der Waals surface area (Å²) >= 11 is 24.4. The number of nitrogens with zero attached hydrogens (tertiary/aromatic N) is 6. The van der Waals surface area contributed by atoms with Crippen LogP contribution in [-0.2, 0) is 106 Å². The zero-order valence-corrected chi connectivity index (χ0v) is 80.0. The van der Waals surface area contributed by atoms with Crippen molar-refractivity contribution in [2.45, 2.75) is 145 Å². The summed E-state index contributed by atoms with van der Waals surface area (Å²) < 4.78 is 78.4. The molecular formula is C86H107Cl5F4N12O23. The molecule has 9 N–H and O–H groups in total. The molecule has 0 radical (unpaired) electrons. The Balaban J connectivity index is 0. The first-order valence-corrected chi connectivity index (χ1v) is 39.5. The molecule has 0 atom stereocenters. The van der Waals surface area contributed by atoms with Gasteiger partial charge in [0.2, 0.25) is 5.78 Å². The van der Waals surface area contributed by atoms with E-state index in [1.807, 2.05) is 20.8 Å². The van der Waals surface area contributed by atoms with Gasteiger partial charge >= 0.3 is 40.3 Å². The number of aromatic nitrogens is 6. The minimum absolute atomic E-state index is 0. The summed E-state index contributed by atoms with van der Waals surface area (Å²) in [6.45, 7) is 28.2. The molecule has 8 rings (SSSR count). The van der Waals surface area contributed by atoms with Gasteiger partial charge in [-0.3, -0.25) is 62.3 Å². The molecule has 0 spiro atoms. The molecule has 44 heteroatoms. The SMILES string of the molecule is CC(=O)C(=O)Cl.CC(C)(C)N.COC(=O)c1cc(C(=O)C(=O)NC(C)(C)C)cn1C.COC(=O)c1ccc(C(=O)C(=O)NC(C)(C)C)n1C.COC(=O)c1cccn1C.COC(=O)c1cccn1C.Cn1cc(C(=O)C(=O)NC(C)(C)C)cc1C(=O)Cc1cc(F)c(F)c(Cl)c1.Cn1cc(C(=O)C(=O)NC(C)(C)C)cc1C(=O)O.Nc1cc(F)c(F)c(Cl)c1.O=C(Cl)C(=O)Cl. The first kappa shape index (κ1) is 119. The quantitative estimate of drug-likeness (QED) is 0.00613. The van der Waals surface area contributed by atoms with E-state index in [1.165, 1.54) is 116 Å². The fraction of sp³-hybridized carbons (Fsp3) is 0.372. The molecule has 0 aliphatic rings. The van der Waals surface area contributed by atoms with Crippen LogP contribution in [0.25, 0.3) is 0 Å². The first-order chi connectivity index (χ1) is 59.2. The molecule has 0 unspecified atom stereocenters. The van der Waals surface area contributed by atoms with Crippen LogP contribution in [0, 0.1) is 23.3 Å². The molecule has 130 heavy (non-hydrogen) atoms. The number of nitrogens with two attached hydrogens (primary N) is 2. The molecule has 6 aromatic heterocycles. The zero-order valence-electron chi connectivity index (χ0n) is 76.3. The summed E-state index contributed by atoms with van der Waals surface area (Å²) in [7, 11) is 15.0. The largest absolute Gasteiger partial charge is 0.477 e. The molecule has 2 aromatic carbocycles. The van der Waals surface area contributed by atoms with Crippen LogP contribution in [0.3, 0.4) is 0 Å². The number of carbonyl (C=O) groups is 18. The van der Waals surface area contributed by atoms with Crippen molar-refractivity contribution in [3.63, 3.8) is 0 Å². The number of esters is 4. The number of anilines is 1. The Labute approximate surface area is 772 Å². The second kappa shape index (κ2) is 53.3. The zero-order chi connectivity index (χ0) is 102. The smallest absolute Gasteiger partial charge is 0.354 e. The van der Waals surface area contributed by atoms with E-state index in [4.69, 9.17) is 39.8 Å². The van der Waals surface area contributed by atoms with Crippen LogP contribution in [0.5, 0.6) is 0 Å². The maximum Gasteiger partial charge on any atom is 0.354 e. The highest BCUT2D eigenvalue weighted by molar-refractivity contribution is 6.97. The highest BCUT2D eigenvalue weighted by Crippen LogP contribution is 2.24. The number of ketones is 6. The van der Waals surface area contributed by atoms with E-state index in [0.29, 0.717) is 11.4 Å². The van der Waals surface area contributed by atoms with Crippen molar-refractivity contribution in [2.75, 3.05) is 34.2 Å². The lowest BCUT2D eigenvalue weighted by molar-refractivity contribution is -0.130. The van der Waals surface area contributed by atoms with Gasteiger partial charge in [0.15, 0.2) is 29.1 Å².